The van der Waals surface area contributed by atoms with Gasteiger partial charge in [-0.3, -0.25) is 9.89 Å². The van der Waals surface area contributed by atoms with E-state index >= 15 is 4.39 Å². The topological polar surface area (TPSA) is 113 Å². The van der Waals surface area contributed by atoms with Crippen LogP contribution in [0.5, 0.6) is 0 Å². The van der Waals surface area contributed by atoms with E-state index in [0.29, 0.717) is 58.2 Å². The fourth-order valence-corrected chi connectivity index (χ4v) is 5.16. The highest BCUT2D eigenvalue weighted by Gasteiger charge is 2.29. The maximum Gasteiger partial charge on any atom is 0.259 e. The third kappa shape index (κ3) is 5.26. The lowest BCUT2D eigenvalue weighted by atomic mass is 9.85. The van der Waals surface area contributed by atoms with Crippen LogP contribution in [0.3, 0.4) is 0 Å². The first-order valence-corrected chi connectivity index (χ1v) is 12.9. The van der Waals surface area contributed by atoms with Gasteiger partial charge < -0.3 is 14.7 Å². The van der Waals surface area contributed by atoms with E-state index in [1.54, 1.807) is 19.9 Å². The van der Waals surface area contributed by atoms with Gasteiger partial charge in [0, 0.05) is 31.3 Å². The molecule has 3 aromatic heterocycles. The van der Waals surface area contributed by atoms with Crippen LogP contribution in [0.4, 0.5) is 16.0 Å². The third-order valence-electron chi connectivity index (χ3n) is 7.00. The van der Waals surface area contributed by atoms with Crippen molar-refractivity contribution >= 4 is 29.1 Å². The summed E-state index contributed by atoms with van der Waals surface area (Å²) in [5.74, 6) is 1.79. The van der Waals surface area contributed by atoms with Crippen LogP contribution in [0.15, 0.2) is 28.9 Å². The van der Waals surface area contributed by atoms with Gasteiger partial charge in [-0.25, -0.2) is 14.4 Å². The lowest BCUT2D eigenvalue weighted by molar-refractivity contribution is 0.0710. The van der Waals surface area contributed by atoms with Gasteiger partial charge in [0.05, 0.1) is 11.9 Å². The van der Waals surface area contributed by atoms with E-state index in [-0.39, 0.29) is 24.1 Å². The van der Waals surface area contributed by atoms with Gasteiger partial charge in [0.25, 0.3) is 5.91 Å². The zero-order valence-corrected chi connectivity index (χ0v) is 22.5. The third-order valence-corrected chi connectivity index (χ3v) is 7.28. The molecule has 0 spiro atoms. The molecule has 1 amide bonds. The number of nitrogens with zero attached hydrogens (tertiary/aromatic N) is 5. The number of benzene rings is 1. The van der Waals surface area contributed by atoms with Gasteiger partial charge in [0.2, 0.25) is 0 Å². The molecular weight excluding hydrogens is 509 g/mol. The van der Waals surface area contributed by atoms with Crippen molar-refractivity contribution in [1.82, 2.24) is 30.2 Å². The molecule has 2 N–H and O–H groups in total. The number of aromatic nitrogens is 5. The van der Waals surface area contributed by atoms with Crippen molar-refractivity contribution in [2.24, 2.45) is 0 Å². The van der Waals surface area contributed by atoms with Gasteiger partial charge in [-0.1, -0.05) is 22.8 Å². The number of aromatic amines is 1. The van der Waals surface area contributed by atoms with E-state index in [4.69, 9.17) is 16.1 Å². The van der Waals surface area contributed by atoms with Crippen molar-refractivity contribution in [3.05, 3.63) is 80.5 Å². The number of amides is 1. The molecule has 5 rings (SSSR count). The highest BCUT2D eigenvalue weighted by Crippen LogP contribution is 2.33. The van der Waals surface area contributed by atoms with Crippen LogP contribution in [-0.4, -0.2) is 49.2 Å². The second kappa shape index (κ2) is 10.5. The molecule has 1 saturated heterocycles. The molecule has 0 saturated carbocycles. The summed E-state index contributed by atoms with van der Waals surface area (Å²) in [7, 11) is 0. The molecule has 0 aliphatic carbocycles. The van der Waals surface area contributed by atoms with Gasteiger partial charge in [-0.2, -0.15) is 5.10 Å². The van der Waals surface area contributed by atoms with E-state index in [1.807, 2.05) is 30.9 Å². The average Bonchev–Trinajstić information content (AvgIpc) is 3.46. The number of hydrogen-bond donors (Lipinski definition) is 2. The number of aryl methyl sites for hydroxylation is 4. The van der Waals surface area contributed by atoms with E-state index < -0.39 is 0 Å². The van der Waals surface area contributed by atoms with E-state index in [1.165, 1.54) is 6.20 Å². The number of likely N-dealkylation sites (tertiary alicyclic amines) is 1. The summed E-state index contributed by atoms with van der Waals surface area (Å²) in [4.78, 5) is 23.6. The fourth-order valence-electron chi connectivity index (χ4n) is 5.02. The SMILES string of the molecule is Cc1cc(Nc2nc(Cc3cc(C)c(C4CCN(C(=O)c5c(C)noc5C)CC4)cc3F)ncc2Cl)n[nH]1. The number of hydrogen-bond acceptors (Lipinski definition) is 7. The summed E-state index contributed by atoms with van der Waals surface area (Å²) >= 11 is 6.26. The molecular formula is C27H29ClFN7O2. The Morgan fingerprint density at radius 2 is 1.97 bits per heavy atom. The Labute approximate surface area is 224 Å². The van der Waals surface area contributed by atoms with Crippen LogP contribution in [0, 0.1) is 33.5 Å². The van der Waals surface area contributed by atoms with E-state index in [0.717, 1.165) is 29.7 Å². The predicted octanol–water partition coefficient (Wildman–Crippen LogP) is 5.57. The molecule has 0 radical (unpaired) electrons. The summed E-state index contributed by atoms with van der Waals surface area (Å²) in [6.45, 7) is 8.61. The summed E-state index contributed by atoms with van der Waals surface area (Å²) in [5, 5.41) is 14.3. The molecule has 9 nitrogen and oxygen atoms in total. The summed E-state index contributed by atoms with van der Waals surface area (Å²) in [6, 6.07) is 5.33. The molecule has 0 bridgehead atoms. The highest BCUT2D eigenvalue weighted by atomic mass is 35.5. The molecule has 0 atom stereocenters. The summed E-state index contributed by atoms with van der Waals surface area (Å²) < 4.78 is 20.4. The molecule has 1 aliphatic rings. The number of H-pyrrole nitrogens is 1. The molecule has 38 heavy (non-hydrogen) atoms. The second-order valence-corrected chi connectivity index (χ2v) is 10.2. The molecule has 4 heterocycles. The lowest BCUT2D eigenvalue weighted by Crippen LogP contribution is -2.38. The largest absolute Gasteiger partial charge is 0.361 e. The van der Waals surface area contributed by atoms with Crippen LogP contribution >= 0.6 is 11.6 Å². The Bertz CT molecular complexity index is 1470. The Kier molecular flexibility index (Phi) is 7.16. The molecule has 4 aromatic rings. The maximum atomic E-state index is 15.3. The van der Waals surface area contributed by atoms with Crippen LogP contribution in [0.1, 0.15) is 68.8 Å². The maximum absolute atomic E-state index is 15.3. The fraction of sp³-hybridized carbons (Fsp3) is 0.370. The van der Waals surface area contributed by atoms with Crippen LogP contribution in [-0.2, 0) is 6.42 Å². The molecule has 1 fully saturated rings. The van der Waals surface area contributed by atoms with Gasteiger partial charge in [0.1, 0.15) is 28.0 Å². The van der Waals surface area contributed by atoms with Crippen molar-refractivity contribution in [3.63, 3.8) is 0 Å². The monoisotopic (exact) mass is 537 g/mol. The van der Waals surface area contributed by atoms with Crippen LogP contribution in [0.25, 0.3) is 0 Å². The predicted molar refractivity (Wildman–Crippen MR) is 141 cm³/mol. The average molecular weight is 538 g/mol. The Morgan fingerprint density at radius 1 is 1.21 bits per heavy atom. The van der Waals surface area contributed by atoms with Crippen molar-refractivity contribution in [1.29, 1.82) is 0 Å². The van der Waals surface area contributed by atoms with Gasteiger partial charge in [0.15, 0.2) is 11.6 Å². The minimum absolute atomic E-state index is 0.0582. The Balaban J connectivity index is 1.27. The first-order chi connectivity index (χ1) is 18.2. The number of anilines is 2. The standard InChI is InChI=1S/C27H29ClFN7O2/c1-14-9-19(11-23-30-13-21(28)26(31-23)32-24-10-15(2)33-34-24)22(29)12-20(14)18-5-7-36(8-6-18)27(37)25-16(3)35-38-17(25)4/h9-10,12-13,18H,5-8,11H2,1-4H3,(H2,30,31,32,33,34). The number of halogens is 2. The second-order valence-electron chi connectivity index (χ2n) is 9.79. The zero-order chi connectivity index (χ0) is 27.0. The normalized spacial score (nSPS) is 14.2. The molecule has 198 valence electrons. The quantitative estimate of drug-likeness (QED) is 0.330. The smallest absolute Gasteiger partial charge is 0.259 e. The van der Waals surface area contributed by atoms with Gasteiger partial charge in [-0.05, 0) is 69.2 Å². The number of piperidine rings is 1. The van der Waals surface area contributed by atoms with E-state index in [2.05, 4.69) is 30.6 Å². The zero-order valence-electron chi connectivity index (χ0n) is 21.7. The van der Waals surface area contributed by atoms with Crippen molar-refractivity contribution in [2.45, 2.75) is 52.9 Å². The molecule has 11 heteroatoms. The number of carbonyl (C=O) groups excluding carboxylic acids is 1. The summed E-state index contributed by atoms with van der Waals surface area (Å²) in [6.07, 6.45) is 3.25. The minimum Gasteiger partial charge on any atom is -0.361 e. The Hall–Kier alpha value is -3.79. The van der Waals surface area contributed by atoms with Crippen LogP contribution < -0.4 is 5.32 Å². The van der Waals surface area contributed by atoms with Crippen molar-refractivity contribution < 1.29 is 13.7 Å². The Morgan fingerprint density at radius 3 is 2.63 bits per heavy atom. The molecule has 0 unspecified atom stereocenters. The van der Waals surface area contributed by atoms with Gasteiger partial charge in [-0.15, -0.1) is 0 Å². The number of nitrogens with one attached hydrogen (secondary N) is 2. The first-order valence-electron chi connectivity index (χ1n) is 12.5. The van der Waals surface area contributed by atoms with Crippen molar-refractivity contribution in [3.8, 4) is 0 Å². The lowest BCUT2D eigenvalue weighted by Gasteiger charge is -2.33. The summed E-state index contributed by atoms with van der Waals surface area (Å²) in [5.41, 5.74) is 4.54. The highest BCUT2D eigenvalue weighted by molar-refractivity contribution is 6.32. The first kappa shape index (κ1) is 25.8. The molecule has 1 aliphatic heterocycles. The van der Waals surface area contributed by atoms with Gasteiger partial charge >= 0.3 is 0 Å². The number of rotatable bonds is 6. The van der Waals surface area contributed by atoms with E-state index in [9.17, 15) is 4.79 Å². The van der Waals surface area contributed by atoms with Crippen molar-refractivity contribution in [2.75, 3.05) is 18.4 Å². The number of carbonyl (C=O) groups is 1. The van der Waals surface area contributed by atoms with Crippen LogP contribution in [0.2, 0.25) is 5.02 Å². The minimum atomic E-state index is -0.296. The molecule has 1 aromatic carbocycles.